The number of nitrogens with two attached hydrogens (primary N) is 1. The molecule has 1 fully saturated rings. The highest BCUT2D eigenvalue weighted by atomic mass is 127. The molecule has 0 spiro atoms. The van der Waals surface area contributed by atoms with Gasteiger partial charge in [0.05, 0.1) is 0 Å². The lowest BCUT2D eigenvalue weighted by Crippen LogP contribution is -2.49. The van der Waals surface area contributed by atoms with Gasteiger partial charge in [-0.25, -0.2) is 0 Å². The van der Waals surface area contributed by atoms with Gasteiger partial charge in [0.2, 0.25) is 5.91 Å². The number of aliphatic imine (C=N–C) groups is 1. The van der Waals surface area contributed by atoms with Crippen molar-refractivity contribution in [3.8, 4) is 0 Å². The summed E-state index contributed by atoms with van der Waals surface area (Å²) in [5.41, 5.74) is 7.97. The third kappa shape index (κ3) is 6.45. The van der Waals surface area contributed by atoms with Gasteiger partial charge in [-0.1, -0.05) is 43.7 Å². The molecule has 26 heavy (non-hydrogen) atoms. The number of nitrogens with zero attached hydrogens (tertiary/aromatic N) is 2. The van der Waals surface area contributed by atoms with Crippen LogP contribution < -0.4 is 11.1 Å². The van der Waals surface area contributed by atoms with Crippen LogP contribution in [-0.2, 0) is 10.2 Å². The van der Waals surface area contributed by atoms with Crippen LogP contribution >= 0.6 is 24.0 Å². The van der Waals surface area contributed by atoms with Crippen LogP contribution in [0, 0.1) is 12.8 Å². The van der Waals surface area contributed by atoms with E-state index < -0.39 is 0 Å². The van der Waals surface area contributed by atoms with E-state index >= 15 is 0 Å². The second kappa shape index (κ2) is 10.1. The Hall–Kier alpha value is -1.31. The molecule has 1 aromatic rings. The van der Waals surface area contributed by atoms with Gasteiger partial charge in [-0.2, -0.15) is 0 Å². The molecule has 0 aliphatic carbocycles. The lowest BCUT2D eigenvalue weighted by Gasteiger charge is -2.36. The van der Waals surface area contributed by atoms with Crippen molar-refractivity contribution in [1.82, 2.24) is 10.2 Å². The number of nitrogens with one attached hydrogen (secondary N) is 1. The maximum Gasteiger partial charge on any atom is 0.217 e. The Morgan fingerprint density at radius 1 is 1.42 bits per heavy atom. The summed E-state index contributed by atoms with van der Waals surface area (Å²) in [7, 11) is 1.82. The first kappa shape index (κ1) is 22.7. The normalized spacial score (nSPS) is 18.2. The number of piperidine rings is 1. The number of carbonyl (C=O) groups excluding carboxylic acids is 1. The average Bonchev–Trinajstić information content (AvgIpc) is 2.55. The predicted octanol–water partition coefficient (Wildman–Crippen LogP) is 3.05. The summed E-state index contributed by atoms with van der Waals surface area (Å²) in [6, 6.07) is 8.66. The van der Waals surface area contributed by atoms with Crippen molar-refractivity contribution in [2.24, 2.45) is 16.6 Å². The quantitative estimate of drug-likeness (QED) is 0.393. The van der Waals surface area contributed by atoms with Crippen LogP contribution in [0.25, 0.3) is 0 Å². The number of hydrogen-bond donors (Lipinski definition) is 2. The number of hydrogen-bond acceptors (Lipinski definition) is 2. The van der Waals surface area contributed by atoms with Gasteiger partial charge >= 0.3 is 0 Å². The van der Waals surface area contributed by atoms with Crippen LogP contribution in [0.5, 0.6) is 0 Å². The molecule has 146 valence electrons. The molecular formula is C20H33IN4O. The molecule has 1 unspecified atom stereocenters. The fourth-order valence-corrected chi connectivity index (χ4v) is 3.51. The zero-order valence-electron chi connectivity index (χ0n) is 16.4. The molecule has 0 radical (unpaired) electrons. The Kier molecular flexibility index (Phi) is 8.86. The summed E-state index contributed by atoms with van der Waals surface area (Å²) < 4.78 is 0. The van der Waals surface area contributed by atoms with Gasteiger partial charge in [0, 0.05) is 38.5 Å². The summed E-state index contributed by atoms with van der Waals surface area (Å²) in [6.45, 7) is 9.23. The Balaban J connectivity index is 0.00000338. The van der Waals surface area contributed by atoms with E-state index in [2.05, 4.69) is 60.2 Å². The van der Waals surface area contributed by atoms with E-state index in [-0.39, 0.29) is 35.3 Å². The van der Waals surface area contributed by atoms with Crippen molar-refractivity contribution >= 4 is 35.8 Å². The van der Waals surface area contributed by atoms with Gasteiger partial charge in [-0.3, -0.25) is 9.79 Å². The SMILES string of the molecule is CN=C(NCC(C)(C)c1cccc(C)c1)N1CCCC(CC(N)=O)C1.I. The highest BCUT2D eigenvalue weighted by Crippen LogP contribution is 2.24. The molecule has 1 saturated heterocycles. The maximum absolute atomic E-state index is 11.2. The Morgan fingerprint density at radius 3 is 2.77 bits per heavy atom. The molecule has 1 aliphatic heterocycles. The minimum absolute atomic E-state index is 0. The number of primary amides is 1. The summed E-state index contributed by atoms with van der Waals surface area (Å²) in [6.07, 6.45) is 2.59. The van der Waals surface area contributed by atoms with Crippen molar-refractivity contribution in [2.45, 2.75) is 45.4 Å². The first-order chi connectivity index (χ1) is 11.8. The Labute approximate surface area is 174 Å². The molecule has 1 atom stereocenters. The number of aryl methyl sites for hydroxylation is 1. The fourth-order valence-electron chi connectivity index (χ4n) is 3.51. The van der Waals surface area contributed by atoms with Crippen LogP contribution in [0.2, 0.25) is 0 Å². The summed E-state index contributed by atoms with van der Waals surface area (Å²) >= 11 is 0. The molecule has 1 heterocycles. The largest absolute Gasteiger partial charge is 0.370 e. The molecule has 0 aromatic heterocycles. The lowest BCUT2D eigenvalue weighted by molar-refractivity contribution is -0.119. The van der Waals surface area contributed by atoms with Gasteiger partial charge in [0.25, 0.3) is 0 Å². The van der Waals surface area contributed by atoms with Crippen LogP contribution in [0.3, 0.4) is 0 Å². The first-order valence-electron chi connectivity index (χ1n) is 9.13. The summed E-state index contributed by atoms with van der Waals surface area (Å²) in [5, 5.41) is 3.53. The average molecular weight is 472 g/mol. The van der Waals surface area contributed by atoms with Crippen molar-refractivity contribution in [3.05, 3.63) is 35.4 Å². The van der Waals surface area contributed by atoms with Crippen molar-refractivity contribution in [3.63, 3.8) is 0 Å². The van der Waals surface area contributed by atoms with Gasteiger partial charge in [0.15, 0.2) is 5.96 Å². The predicted molar refractivity (Wildman–Crippen MR) is 119 cm³/mol. The standard InChI is InChI=1S/C20H32N4O.HI/c1-15-7-5-9-17(11-15)20(2,3)14-23-19(22-4)24-10-6-8-16(13-24)12-18(21)25;/h5,7,9,11,16H,6,8,10,12-14H2,1-4H3,(H2,21,25)(H,22,23);1H. The van der Waals surface area contributed by atoms with Gasteiger partial charge in [-0.05, 0) is 31.2 Å². The van der Waals surface area contributed by atoms with Crippen molar-refractivity contribution in [1.29, 1.82) is 0 Å². The third-order valence-electron chi connectivity index (χ3n) is 5.01. The second-order valence-corrected chi connectivity index (χ2v) is 7.78. The van der Waals surface area contributed by atoms with Crippen LogP contribution in [0.15, 0.2) is 29.3 Å². The van der Waals surface area contributed by atoms with Crippen LogP contribution in [0.4, 0.5) is 0 Å². The number of halogens is 1. The number of amides is 1. The molecule has 0 saturated carbocycles. The number of guanidine groups is 1. The van der Waals surface area contributed by atoms with E-state index in [1.54, 1.807) is 0 Å². The maximum atomic E-state index is 11.2. The molecule has 6 heteroatoms. The first-order valence-corrected chi connectivity index (χ1v) is 9.13. The van der Waals surface area contributed by atoms with Crippen LogP contribution in [0.1, 0.15) is 44.2 Å². The minimum Gasteiger partial charge on any atom is -0.370 e. The molecule has 1 aromatic carbocycles. The molecule has 0 bridgehead atoms. The van der Waals surface area contributed by atoms with Crippen molar-refractivity contribution < 1.29 is 4.79 Å². The Morgan fingerprint density at radius 2 is 2.15 bits per heavy atom. The van der Waals surface area contributed by atoms with E-state index in [4.69, 9.17) is 5.73 Å². The van der Waals surface area contributed by atoms with E-state index in [1.165, 1.54) is 11.1 Å². The molecule has 1 aliphatic rings. The van der Waals surface area contributed by atoms with E-state index in [9.17, 15) is 4.79 Å². The van der Waals surface area contributed by atoms with E-state index in [1.807, 2.05) is 7.05 Å². The van der Waals surface area contributed by atoms with Gasteiger partial charge < -0.3 is 16.0 Å². The van der Waals surface area contributed by atoms with Crippen LogP contribution in [-0.4, -0.2) is 43.4 Å². The van der Waals surface area contributed by atoms with Gasteiger partial charge in [-0.15, -0.1) is 24.0 Å². The van der Waals surface area contributed by atoms with Gasteiger partial charge in [0.1, 0.15) is 0 Å². The summed E-state index contributed by atoms with van der Waals surface area (Å²) in [5.74, 6) is 1.03. The molecule has 3 N–H and O–H groups in total. The fraction of sp³-hybridized carbons (Fsp3) is 0.600. The van der Waals surface area contributed by atoms with Crippen molar-refractivity contribution in [2.75, 3.05) is 26.7 Å². The Bertz CT molecular complexity index is 630. The topological polar surface area (TPSA) is 70.7 Å². The monoisotopic (exact) mass is 472 g/mol. The molecule has 2 rings (SSSR count). The number of likely N-dealkylation sites (tertiary alicyclic amines) is 1. The molecule has 1 amide bonds. The number of benzene rings is 1. The molecular weight excluding hydrogens is 439 g/mol. The lowest BCUT2D eigenvalue weighted by atomic mass is 9.84. The minimum atomic E-state index is -0.213. The number of carbonyl (C=O) groups is 1. The smallest absolute Gasteiger partial charge is 0.217 e. The van der Waals surface area contributed by atoms with E-state index in [0.717, 1.165) is 38.4 Å². The number of rotatable bonds is 5. The third-order valence-corrected chi connectivity index (χ3v) is 5.01. The zero-order valence-corrected chi connectivity index (χ0v) is 18.7. The molecule has 5 nitrogen and oxygen atoms in total. The summed E-state index contributed by atoms with van der Waals surface area (Å²) in [4.78, 5) is 17.9. The highest BCUT2D eigenvalue weighted by molar-refractivity contribution is 14.0. The van der Waals surface area contributed by atoms with E-state index in [0.29, 0.717) is 12.3 Å². The highest BCUT2D eigenvalue weighted by Gasteiger charge is 2.26. The second-order valence-electron chi connectivity index (χ2n) is 7.78. The zero-order chi connectivity index (χ0) is 18.4.